The Kier molecular flexibility index (Phi) is 5.15. The first kappa shape index (κ1) is 14.3. The van der Waals surface area contributed by atoms with Crippen LogP contribution in [-0.2, 0) is 6.54 Å². The Morgan fingerprint density at radius 2 is 2.05 bits per heavy atom. The van der Waals surface area contributed by atoms with Gasteiger partial charge in [0.25, 0.3) is 0 Å². The summed E-state index contributed by atoms with van der Waals surface area (Å²) in [5.41, 5.74) is 0.966. The van der Waals surface area contributed by atoms with Crippen LogP contribution in [0.5, 0.6) is 0 Å². The lowest BCUT2D eigenvalue weighted by molar-refractivity contribution is 0.460. The fourth-order valence-electron chi connectivity index (χ4n) is 1.52. The van der Waals surface area contributed by atoms with Crippen molar-refractivity contribution in [1.82, 2.24) is 15.5 Å². The molecule has 1 aromatic heterocycles. The fraction of sp³-hybridized carbons (Fsp3) is 0.385. The maximum atomic E-state index is 5.53. The van der Waals surface area contributed by atoms with E-state index in [1.54, 1.807) is 0 Å². The SMILES string of the molecule is CC(C)CNCc1nnc(Nc2ccccc2I)o1. The summed E-state index contributed by atoms with van der Waals surface area (Å²) in [5.74, 6) is 1.19. The fourth-order valence-corrected chi connectivity index (χ4v) is 2.04. The number of rotatable bonds is 6. The molecule has 1 heterocycles. The minimum atomic E-state index is 0.422. The lowest BCUT2D eigenvalue weighted by Crippen LogP contribution is -2.19. The lowest BCUT2D eigenvalue weighted by Gasteiger charge is -2.04. The predicted octanol–water partition coefficient (Wildman–Crippen LogP) is 3.16. The van der Waals surface area contributed by atoms with Gasteiger partial charge in [-0.3, -0.25) is 0 Å². The smallest absolute Gasteiger partial charge is 0.320 e. The minimum Gasteiger partial charge on any atom is -0.406 e. The van der Waals surface area contributed by atoms with Crippen molar-refractivity contribution >= 4 is 34.3 Å². The monoisotopic (exact) mass is 372 g/mol. The molecule has 5 nitrogen and oxygen atoms in total. The average molecular weight is 372 g/mol. The zero-order chi connectivity index (χ0) is 13.7. The second kappa shape index (κ2) is 6.85. The largest absolute Gasteiger partial charge is 0.406 e. The van der Waals surface area contributed by atoms with Gasteiger partial charge in [0.1, 0.15) is 0 Å². The highest BCUT2D eigenvalue weighted by molar-refractivity contribution is 14.1. The van der Waals surface area contributed by atoms with Crippen LogP contribution in [0.4, 0.5) is 11.7 Å². The average Bonchev–Trinajstić information content (AvgIpc) is 2.79. The molecule has 0 saturated carbocycles. The highest BCUT2D eigenvalue weighted by Crippen LogP contribution is 2.21. The summed E-state index contributed by atoms with van der Waals surface area (Å²) in [6, 6.07) is 8.37. The maximum absolute atomic E-state index is 5.53. The Morgan fingerprint density at radius 3 is 2.79 bits per heavy atom. The quantitative estimate of drug-likeness (QED) is 0.763. The van der Waals surface area contributed by atoms with Crippen molar-refractivity contribution in [3.63, 3.8) is 0 Å². The van der Waals surface area contributed by atoms with Gasteiger partial charge in [-0.05, 0) is 47.2 Å². The Morgan fingerprint density at radius 1 is 1.26 bits per heavy atom. The molecule has 2 N–H and O–H groups in total. The van der Waals surface area contributed by atoms with Gasteiger partial charge in [0, 0.05) is 3.57 Å². The Labute approximate surface area is 126 Å². The molecule has 0 aliphatic heterocycles. The molecule has 1 aromatic carbocycles. The molecule has 2 aromatic rings. The van der Waals surface area contributed by atoms with Gasteiger partial charge in [-0.2, -0.15) is 0 Å². The van der Waals surface area contributed by atoms with E-state index in [4.69, 9.17) is 4.42 Å². The number of hydrogen-bond donors (Lipinski definition) is 2. The first-order valence-corrected chi connectivity index (χ1v) is 7.27. The molecule has 0 spiro atoms. The molecule has 0 saturated heterocycles. The van der Waals surface area contributed by atoms with Gasteiger partial charge in [-0.1, -0.05) is 31.1 Å². The molecule has 102 valence electrons. The van der Waals surface area contributed by atoms with Crippen LogP contribution in [0.25, 0.3) is 0 Å². The summed E-state index contributed by atoms with van der Waals surface area (Å²) in [4.78, 5) is 0. The second-order valence-electron chi connectivity index (χ2n) is 4.63. The molecule has 6 heteroatoms. The highest BCUT2D eigenvalue weighted by Gasteiger charge is 2.07. The van der Waals surface area contributed by atoms with E-state index in [9.17, 15) is 0 Å². The standard InChI is InChI=1S/C13H17IN4O/c1-9(2)7-15-8-12-17-18-13(19-12)16-11-6-4-3-5-10(11)14/h3-6,9,15H,7-8H2,1-2H3,(H,16,18). The third-order valence-electron chi connectivity index (χ3n) is 2.41. The predicted molar refractivity (Wildman–Crippen MR) is 83.3 cm³/mol. The van der Waals surface area contributed by atoms with E-state index in [1.807, 2.05) is 24.3 Å². The highest BCUT2D eigenvalue weighted by atomic mass is 127. The molecule has 0 aliphatic carbocycles. The van der Waals surface area contributed by atoms with Crippen molar-refractivity contribution in [2.75, 3.05) is 11.9 Å². The first-order chi connectivity index (χ1) is 9.15. The van der Waals surface area contributed by atoms with Crippen molar-refractivity contribution in [2.45, 2.75) is 20.4 Å². The van der Waals surface area contributed by atoms with E-state index in [-0.39, 0.29) is 0 Å². The third-order valence-corrected chi connectivity index (χ3v) is 3.35. The number of hydrogen-bond acceptors (Lipinski definition) is 5. The van der Waals surface area contributed by atoms with E-state index in [1.165, 1.54) is 0 Å². The number of anilines is 2. The van der Waals surface area contributed by atoms with Crippen molar-refractivity contribution in [3.8, 4) is 0 Å². The van der Waals surface area contributed by atoms with Gasteiger partial charge in [-0.25, -0.2) is 0 Å². The van der Waals surface area contributed by atoms with Crippen LogP contribution < -0.4 is 10.6 Å². The topological polar surface area (TPSA) is 63.0 Å². The van der Waals surface area contributed by atoms with Crippen LogP contribution in [0.2, 0.25) is 0 Å². The number of benzene rings is 1. The summed E-state index contributed by atoms with van der Waals surface area (Å²) < 4.78 is 6.63. The lowest BCUT2D eigenvalue weighted by atomic mass is 10.2. The second-order valence-corrected chi connectivity index (χ2v) is 5.79. The van der Waals surface area contributed by atoms with E-state index < -0.39 is 0 Å². The summed E-state index contributed by atoms with van der Waals surface area (Å²) in [7, 11) is 0. The van der Waals surface area contributed by atoms with Gasteiger partial charge >= 0.3 is 6.01 Å². The Bertz CT molecular complexity index is 527. The van der Waals surface area contributed by atoms with Crippen LogP contribution in [0.1, 0.15) is 19.7 Å². The van der Waals surface area contributed by atoms with Crippen LogP contribution in [0.3, 0.4) is 0 Å². The molecular weight excluding hydrogens is 355 g/mol. The molecule has 0 amide bonds. The molecule has 0 bridgehead atoms. The van der Waals surface area contributed by atoms with Crippen LogP contribution in [-0.4, -0.2) is 16.7 Å². The van der Waals surface area contributed by atoms with E-state index in [0.717, 1.165) is 15.8 Å². The van der Waals surface area contributed by atoms with E-state index in [2.05, 4.69) is 57.3 Å². The Hall–Kier alpha value is -1.15. The van der Waals surface area contributed by atoms with Gasteiger partial charge < -0.3 is 15.1 Å². The van der Waals surface area contributed by atoms with Gasteiger partial charge in [-0.15, -0.1) is 5.10 Å². The summed E-state index contributed by atoms with van der Waals surface area (Å²) >= 11 is 2.26. The van der Waals surface area contributed by atoms with Gasteiger partial charge in [0.15, 0.2) is 0 Å². The van der Waals surface area contributed by atoms with Gasteiger partial charge in [0.2, 0.25) is 5.89 Å². The molecule has 19 heavy (non-hydrogen) atoms. The molecule has 0 unspecified atom stereocenters. The molecular formula is C13H17IN4O. The molecule has 0 aliphatic rings. The first-order valence-electron chi connectivity index (χ1n) is 6.20. The summed E-state index contributed by atoms with van der Waals surface area (Å²) in [5, 5.41) is 14.4. The van der Waals surface area contributed by atoms with Crippen molar-refractivity contribution < 1.29 is 4.42 Å². The number of nitrogens with one attached hydrogen (secondary N) is 2. The zero-order valence-corrected chi connectivity index (χ0v) is 13.1. The summed E-state index contributed by atoms with van der Waals surface area (Å²) in [6.07, 6.45) is 0. The van der Waals surface area contributed by atoms with Crippen LogP contribution in [0, 0.1) is 9.49 Å². The van der Waals surface area contributed by atoms with E-state index >= 15 is 0 Å². The summed E-state index contributed by atoms with van der Waals surface area (Å²) in [6.45, 7) is 5.84. The van der Waals surface area contributed by atoms with Crippen LogP contribution in [0.15, 0.2) is 28.7 Å². The van der Waals surface area contributed by atoms with Crippen molar-refractivity contribution in [1.29, 1.82) is 0 Å². The van der Waals surface area contributed by atoms with Crippen molar-refractivity contribution in [2.24, 2.45) is 5.92 Å². The number of para-hydroxylation sites is 1. The normalized spacial score (nSPS) is 10.9. The Balaban J connectivity index is 1.92. The number of aromatic nitrogens is 2. The molecule has 2 rings (SSSR count). The maximum Gasteiger partial charge on any atom is 0.320 e. The van der Waals surface area contributed by atoms with Crippen LogP contribution >= 0.6 is 22.6 Å². The zero-order valence-electron chi connectivity index (χ0n) is 11.0. The number of halogens is 1. The molecule has 0 radical (unpaired) electrons. The molecule has 0 atom stereocenters. The minimum absolute atomic E-state index is 0.422. The van der Waals surface area contributed by atoms with Crippen molar-refractivity contribution in [3.05, 3.63) is 33.7 Å². The third kappa shape index (κ3) is 4.46. The van der Waals surface area contributed by atoms with Gasteiger partial charge in [0.05, 0.1) is 12.2 Å². The molecule has 0 fully saturated rings. The number of nitrogens with zero attached hydrogens (tertiary/aromatic N) is 2. The van der Waals surface area contributed by atoms with E-state index in [0.29, 0.717) is 24.4 Å².